The van der Waals surface area contributed by atoms with Gasteiger partial charge in [-0.3, -0.25) is 0 Å². The van der Waals surface area contributed by atoms with Crippen molar-refractivity contribution in [3.05, 3.63) is 66.1 Å². The summed E-state index contributed by atoms with van der Waals surface area (Å²) in [6, 6.07) is 14.1. The zero-order valence-electron chi connectivity index (χ0n) is 10.6. The summed E-state index contributed by atoms with van der Waals surface area (Å²) in [5.41, 5.74) is 2.38. The van der Waals surface area contributed by atoms with Crippen LogP contribution in [0.2, 0.25) is 0 Å². The van der Waals surface area contributed by atoms with Crippen molar-refractivity contribution in [3.63, 3.8) is 0 Å². The number of isocyanates is 1. The van der Waals surface area contributed by atoms with Crippen LogP contribution in [-0.2, 0) is 11.3 Å². The Morgan fingerprint density at radius 2 is 2.00 bits per heavy atom. The van der Waals surface area contributed by atoms with Gasteiger partial charge in [-0.1, -0.05) is 30.3 Å². The number of para-hydroxylation sites is 1. The molecule has 0 fully saturated rings. The van der Waals surface area contributed by atoms with Crippen LogP contribution in [-0.4, -0.2) is 10.6 Å². The van der Waals surface area contributed by atoms with Crippen LogP contribution in [0.4, 0.5) is 10.1 Å². The Labute approximate surface area is 115 Å². The summed E-state index contributed by atoms with van der Waals surface area (Å²) in [5, 5.41) is 0.882. The van der Waals surface area contributed by atoms with E-state index in [-0.39, 0.29) is 5.82 Å². The van der Waals surface area contributed by atoms with E-state index in [0.717, 1.165) is 16.5 Å². The molecule has 0 atom stereocenters. The average Bonchev–Trinajstić information content (AvgIpc) is 2.78. The standard InChI is InChI=1S/C16H11FN2O/c17-13-5-3-4-12(8-13)9-19-10-15(18-11-20)14-6-1-2-7-16(14)19/h1-8,10H,9H2. The van der Waals surface area contributed by atoms with Gasteiger partial charge >= 0.3 is 0 Å². The largest absolute Gasteiger partial charge is 0.341 e. The molecule has 3 rings (SSSR count). The summed E-state index contributed by atoms with van der Waals surface area (Å²) in [7, 11) is 0. The van der Waals surface area contributed by atoms with Crippen LogP contribution in [0.25, 0.3) is 10.9 Å². The van der Waals surface area contributed by atoms with Gasteiger partial charge in [0.15, 0.2) is 0 Å². The molecule has 0 aliphatic heterocycles. The van der Waals surface area contributed by atoms with Crippen molar-refractivity contribution in [2.75, 3.05) is 0 Å². The number of halogens is 1. The lowest BCUT2D eigenvalue weighted by Crippen LogP contribution is -1.97. The number of aliphatic imine (C=N–C) groups is 1. The van der Waals surface area contributed by atoms with Crippen molar-refractivity contribution in [2.24, 2.45) is 4.99 Å². The Hall–Kier alpha value is -2.71. The topological polar surface area (TPSA) is 34.4 Å². The number of carbonyl (C=O) groups excluding carboxylic acids is 1. The molecule has 0 saturated carbocycles. The van der Waals surface area contributed by atoms with Crippen molar-refractivity contribution >= 4 is 22.7 Å². The van der Waals surface area contributed by atoms with E-state index in [9.17, 15) is 9.18 Å². The molecular weight excluding hydrogens is 255 g/mol. The number of hydrogen-bond acceptors (Lipinski definition) is 2. The second kappa shape index (κ2) is 5.11. The van der Waals surface area contributed by atoms with Crippen LogP contribution in [0.5, 0.6) is 0 Å². The van der Waals surface area contributed by atoms with E-state index >= 15 is 0 Å². The smallest absolute Gasteiger partial charge is 0.240 e. The maximum Gasteiger partial charge on any atom is 0.240 e. The van der Waals surface area contributed by atoms with Gasteiger partial charge in [-0.2, -0.15) is 4.99 Å². The molecule has 1 aromatic heterocycles. The molecule has 98 valence electrons. The molecular formula is C16H11FN2O. The Balaban J connectivity index is 2.09. The minimum absolute atomic E-state index is 0.259. The molecule has 4 heteroatoms. The fourth-order valence-corrected chi connectivity index (χ4v) is 2.33. The summed E-state index contributed by atoms with van der Waals surface area (Å²) < 4.78 is 15.2. The first-order valence-corrected chi connectivity index (χ1v) is 6.18. The number of benzene rings is 2. The van der Waals surface area contributed by atoms with E-state index in [1.165, 1.54) is 12.1 Å². The summed E-state index contributed by atoms with van der Waals surface area (Å²) in [4.78, 5) is 14.2. The highest BCUT2D eigenvalue weighted by Crippen LogP contribution is 2.28. The van der Waals surface area contributed by atoms with Crippen LogP contribution in [0.15, 0.2) is 59.7 Å². The van der Waals surface area contributed by atoms with Crippen molar-refractivity contribution in [1.29, 1.82) is 0 Å². The molecule has 0 bridgehead atoms. The number of nitrogens with zero attached hydrogens (tertiary/aromatic N) is 2. The minimum atomic E-state index is -0.259. The third-order valence-electron chi connectivity index (χ3n) is 3.18. The monoisotopic (exact) mass is 266 g/mol. The summed E-state index contributed by atoms with van der Waals surface area (Å²) in [6.45, 7) is 0.520. The maximum atomic E-state index is 13.2. The van der Waals surface area contributed by atoms with Crippen LogP contribution in [0.1, 0.15) is 5.56 Å². The molecule has 3 aromatic rings. The predicted molar refractivity (Wildman–Crippen MR) is 75.2 cm³/mol. The first-order valence-electron chi connectivity index (χ1n) is 6.18. The van der Waals surface area contributed by atoms with E-state index in [1.807, 2.05) is 34.9 Å². The second-order valence-electron chi connectivity index (χ2n) is 4.49. The van der Waals surface area contributed by atoms with Gasteiger partial charge in [-0.15, -0.1) is 0 Å². The van der Waals surface area contributed by atoms with Crippen LogP contribution in [0, 0.1) is 5.82 Å². The average molecular weight is 266 g/mol. The molecule has 0 saturated heterocycles. The lowest BCUT2D eigenvalue weighted by atomic mass is 10.2. The van der Waals surface area contributed by atoms with Crippen molar-refractivity contribution in [2.45, 2.75) is 6.54 Å². The van der Waals surface area contributed by atoms with Gasteiger partial charge in [-0.25, -0.2) is 9.18 Å². The fraction of sp³-hybridized carbons (Fsp3) is 0.0625. The minimum Gasteiger partial charge on any atom is -0.341 e. The van der Waals surface area contributed by atoms with Crippen LogP contribution >= 0.6 is 0 Å². The molecule has 0 aliphatic carbocycles. The van der Waals surface area contributed by atoms with Gasteiger partial charge in [0, 0.05) is 18.1 Å². The molecule has 2 aromatic carbocycles. The summed E-state index contributed by atoms with van der Waals surface area (Å²) in [6.07, 6.45) is 3.34. The number of aromatic nitrogens is 1. The number of rotatable bonds is 3. The van der Waals surface area contributed by atoms with Crippen LogP contribution < -0.4 is 0 Å². The van der Waals surface area contributed by atoms with Gasteiger partial charge in [0.25, 0.3) is 0 Å². The van der Waals surface area contributed by atoms with Crippen LogP contribution in [0.3, 0.4) is 0 Å². The molecule has 0 radical (unpaired) electrons. The first kappa shape index (κ1) is 12.3. The van der Waals surface area contributed by atoms with Crippen molar-refractivity contribution < 1.29 is 9.18 Å². The lowest BCUT2D eigenvalue weighted by Gasteiger charge is -2.05. The third kappa shape index (κ3) is 2.25. The van der Waals surface area contributed by atoms with Gasteiger partial charge in [0.2, 0.25) is 6.08 Å². The summed E-state index contributed by atoms with van der Waals surface area (Å²) >= 11 is 0. The third-order valence-corrected chi connectivity index (χ3v) is 3.18. The molecule has 0 unspecified atom stereocenters. The highest BCUT2D eigenvalue weighted by atomic mass is 19.1. The van der Waals surface area contributed by atoms with E-state index in [4.69, 9.17) is 0 Å². The van der Waals surface area contributed by atoms with Gasteiger partial charge < -0.3 is 4.57 Å². The highest BCUT2D eigenvalue weighted by molar-refractivity contribution is 5.92. The van der Waals surface area contributed by atoms with E-state index in [1.54, 1.807) is 18.3 Å². The van der Waals surface area contributed by atoms with Gasteiger partial charge in [0.05, 0.1) is 5.52 Å². The summed E-state index contributed by atoms with van der Waals surface area (Å²) in [5.74, 6) is -0.259. The Bertz CT molecular complexity index is 816. The molecule has 3 nitrogen and oxygen atoms in total. The van der Waals surface area contributed by atoms with Crippen molar-refractivity contribution in [3.8, 4) is 0 Å². The van der Waals surface area contributed by atoms with Gasteiger partial charge in [0.1, 0.15) is 11.5 Å². The van der Waals surface area contributed by atoms with Crippen molar-refractivity contribution in [1.82, 2.24) is 4.57 Å². The Morgan fingerprint density at radius 3 is 2.80 bits per heavy atom. The molecule has 0 N–H and O–H groups in total. The second-order valence-corrected chi connectivity index (χ2v) is 4.49. The number of hydrogen-bond donors (Lipinski definition) is 0. The van der Waals surface area contributed by atoms with E-state index in [0.29, 0.717) is 12.2 Å². The molecule has 0 amide bonds. The lowest BCUT2D eigenvalue weighted by molar-refractivity contribution is 0.565. The molecule has 1 heterocycles. The van der Waals surface area contributed by atoms with E-state index in [2.05, 4.69) is 4.99 Å². The van der Waals surface area contributed by atoms with Gasteiger partial charge in [-0.05, 0) is 23.8 Å². The zero-order valence-corrected chi connectivity index (χ0v) is 10.6. The Morgan fingerprint density at radius 1 is 1.15 bits per heavy atom. The maximum absolute atomic E-state index is 13.2. The highest BCUT2D eigenvalue weighted by Gasteiger charge is 2.08. The van der Waals surface area contributed by atoms with E-state index < -0.39 is 0 Å². The predicted octanol–water partition coefficient (Wildman–Crippen LogP) is 3.80. The zero-order chi connectivity index (χ0) is 13.9. The molecule has 20 heavy (non-hydrogen) atoms. The molecule has 0 aliphatic rings. The molecule has 0 spiro atoms. The number of fused-ring (bicyclic) bond motifs is 1. The first-order chi connectivity index (χ1) is 9.78. The Kier molecular flexibility index (Phi) is 3.15. The quantitative estimate of drug-likeness (QED) is 0.524. The fourth-order valence-electron chi connectivity index (χ4n) is 2.33. The SMILES string of the molecule is O=C=Nc1cn(Cc2cccc(F)c2)c2ccccc12. The normalized spacial score (nSPS) is 10.4.